The number of aromatic nitrogens is 2. The third-order valence-electron chi connectivity index (χ3n) is 8.54. The zero-order chi connectivity index (χ0) is 29.7. The normalized spacial score (nSPS) is 25.1. The van der Waals surface area contributed by atoms with Crippen LogP contribution < -0.4 is 4.74 Å². The lowest BCUT2D eigenvalue weighted by molar-refractivity contribution is -0.199. The van der Waals surface area contributed by atoms with E-state index in [1.54, 1.807) is 32.5 Å². The van der Waals surface area contributed by atoms with Gasteiger partial charge in [-0.2, -0.15) is 0 Å². The smallest absolute Gasteiger partial charge is 0.240 e. The zero-order valence-corrected chi connectivity index (χ0v) is 25.0. The second kappa shape index (κ2) is 10.5. The van der Waals surface area contributed by atoms with Gasteiger partial charge in [0, 0.05) is 41.8 Å². The van der Waals surface area contributed by atoms with Crippen LogP contribution in [0.25, 0.3) is 11.8 Å². The Kier molecular flexibility index (Phi) is 7.13. The van der Waals surface area contributed by atoms with Gasteiger partial charge in [0.25, 0.3) is 0 Å². The van der Waals surface area contributed by atoms with Gasteiger partial charge in [-0.3, -0.25) is 0 Å². The molecule has 3 aliphatic rings. The minimum absolute atomic E-state index is 0.0131. The van der Waals surface area contributed by atoms with Crippen LogP contribution >= 0.6 is 0 Å². The Bertz CT molecular complexity index is 1660. The van der Waals surface area contributed by atoms with E-state index in [1.165, 1.54) is 12.1 Å². The number of hydrogen-bond acceptors (Lipinski definition) is 8. The lowest BCUT2D eigenvalue weighted by atomic mass is 9.79. The molecule has 1 aromatic heterocycles. The molecular formula is C31H35FN4O5S. The number of hydrogen-bond donors (Lipinski definition) is 0. The first-order valence-electron chi connectivity index (χ1n) is 14.1. The highest BCUT2D eigenvalue weighted by molar-refractivity contribution is 7.91. The Morgan fingerprint density at radius 3 is 2.60 bits per heavy atom. The maximum Gasteiger partial charge on any atom is 0.240 e. The van der Waals surface area contributed by atoms with Gasteiger partial charge in [0.2, 0.25) is 5.72 Å². The SMILES string of the molecule is CCS(=O)(=O)CC(C)C1(c2ccc(F)cc2)ON=C2C(=Cc3ccc(-n4cnc(C)c4)c(OC)c3)CC3(CCO3)CN21. The Balaban J connectivity index is 1.43. The zero-order valence-electron chi connectivity index (χ0n) is 24.2. The van der Waals surface area contributed by atoms with Crippen molar-refractivity contribution in [1.82, 2.24) is 14.5 Å². The molecule has 42 heavy (non-hydrogen) atoms. The topological polar surface area (TPSA) is 95.3 Å². The van der Waals surface area contributed by atoms with E-state index in [1.807, 2.05) is 47.7 Å². The average molecular weight is 595 g/mol. The Hall–Kier alpha value is -3.70. The number of aryl methyl sites for hydroxylation is 1. The van der Waals surface area contributed by atoms with Gasteiger partial charge < -0.3 is 23.8 Å². The van der Waals surface area contributed by atoms with Crippen LogP contribution in [0.3, 0.4) is 0 Å². The Morgan fingerprint density at radius 1 is 1.21 bits per heavy atom. The molecule has 222 valence electrons. The maximum atomic E-state index is 14.0. The molecule has 0 bridgehead atoms. The quantitative estimate of drug-likeness (QED) is 0.368. The molecule has 2 fully saturated rings. The fourth-order valence-corrected chi connectivity index (χ4v) is 7.46. The van der Waals surface area contributed by atoms with Crippen LogP contribution in [0.15, 0.2) is 65.7 Å². The van der Waals surface area contributed by atoms with Gasteiger partial charge in [-0.05, 0) is 42.8 Å². The van der Waals surface area contributed by atoms with Gasteiger partial charge >= 0.3 is 0 Å². The first kappa shape index (κ1) is 28.4. The summed E-state index contributed by atoms with van der Waals surface area (Å²) in [6.45, 7) is 6.53. The Labute approximate surface area is 245 Å². The minimum Gasteiger partial charge on any atom is -0.495 e. The summed E-state index contributed by atoms with van der Waals surface area (Å²) in [5.74, 6) is 0.299. The summed E-state index contributed by atoms with van der Waals surface area (Å²) in [7, 11) is -1.73. The number of amidine groups is 1. The molecule has 3 aliphatic heterocycles. The van der Waals surface area contributed by atoms with E-state index in [9.17, 15) is 12.8 Å². The van der Waals surface area contributed by atoms with E-state index in [0.29, 0.717) is 36.7 Å². The first-order chi connectivity index (χ1) is 20.1. The molecule has 0 radical (unpaired) electrons. The summed E-state index contributed by atoms with van der Waals surface area (Å²) < 4.78 is 53.5. The van der Waals surface area contributed by atoms with E-state index in [4.69, 9.17) is 14.3 Å². The van der Waals surface area contributed by atoms with Crippen molar-refractivity contribution in [3.8, 4) is 11.4 Å². The molecule has 0 N–H and O–H groups in total. The second-order valence-electron chi connectivity index (χ2n) is 11.4. The van der Waals surface area contributed by atoms with Crippen molar-refractivity contribution >= 4 is 21.7 Å². The molecule has 2 aromatic carbocycles. The minimum atomic E-state index is -3.36. The molecule has 2 saturated heterocycles. The molecule has 3 aromatic rings. The van der Waals surface area contributed by atoms with Crippen molar-refractivity contribution in [2.75, 3.05) is 31.8 Å². The molecule has 6 rings (SSSR count). The summed E-state index contributed by atoms with van der Waals surface area (Å²) in [5.41, 5.74) is 2.50. The van der Waals surface area contributed by atoms with Crippen molar-refractivity contribution in [1.29, 1.82) is 0 Å². The van der Waals surface area contributed by atoms with Crippen LogP contribution in [0, 0.1) is 18.7 Å². The highest BCUT2D eigenvalue weighted by Gasteiger charge is 2.59. The molecule has 0 amide bonds. The number of halogens is 1. The second-order valence-corrected chi connectivity index (χ2v) is 13.8. The van der Waals surface area contributed by atoms with Crippen molar-refractivity contribution in [3.05, 3.63) is 83.2 Å². The highest BCUT2D eigenvalue weighted by atomic mass is 32.2. The molecule has 0 saturated carbocycles. The third kappa shape index (κ3) is 4.88. The maximum absolute atomic E-state index is 14.0. The van der Waals surface area contributed by atoms with E-state index in [-0.39, 0.29) is 17.3 Å². The predicted molar refractivity (Wildman–Crippen MR) is 158 cm³/mol. The number of benzene rings is 2. The molecule has 1 spiro atoms. The fraction of sp³-hybridized carbons (Fsp3) is 0.419. The summed E-state index contributed by atoms with van der Waals surface area (Å²) in [6.07, 6.45) is 7.21. The molecule has 3 unspecified atom stereocenters. The van der Waals surface area contributed by atoms with E-state index in [0.717, 1.165) is 28.9 Å². The Morgan fingerprint density at radius 2 is 1.98 bits per heavy atom. The van der Waals surface area contributed by atoms with Gasteiger partial charge in [0.05, 0.1) is 49.3 Å². The molecular weight excluding hydrogens is 559 g/mol. The number of imidazole rings is 1. The van der Waals surface area contributed by atoms with Gasteiger partial charge in [-0.15, -0.1) is 0 Å². The third-order valence-corrected chi connectivity index (χ3v) is 10.4. The van der Waals surface area contributed by atoms with E-state index < -0.39 is 27.1 Å². The standard InChI is InChI=1S/C31H35FN4O5S/c1-5-42(37,38)18-21(2)31(25-7-9-26(32)10-8-25)36-19-30(12-13-40-30)16-24(29(36)34-41-31)14-23-6-11-27(28(15-23)39-4)35-17-22(3)33-20-35/h6-11,14-15,17,20-21H,5,12-13,16,18-19H2,1-4H3. The summed E-state index contributed by atoms with van der Waals surface area (Å²) in [6, 6.07) is 12.0. The van der Waals surface area contributed by atoms with Gasteiger partial charge in [0.15, 0.2) is 15.7 Å². The van der Waals surface area contributed by atoms with Crippen LogP contribution in [-0.4, -0.2) is 66.1 Å². The van der Waals surface area contributed by atoms with Crippen LogP contribution in [-0.2, 0) is 25.1 Å². The summed E-state index contributed by atoms with van der Waals surface area (Å²) in [5, 5.41) is 4.59. The number of ether oxygens (including phenoxy) is 2. The monoisotopic (exact) mass is 594 g/mol. The van der Waals surface area contributed by atoms with E-state index >= 15 is 0 Å². The molecule has 0 aliphatic carbocycles. The molecule has 9 nitrogen and oxygen atoms in total. The number of piperidine rings is 1. The van der Waals surface area contributed by atoms with Gasteiger partial charge in [0.1, 0.15) is 11.6 Å². The lowest BCUT2D eigenvalue weighted by Gasteiger charge is -2.53. The number of fused-ring (bicyclic) bond motifs is 1. The lowest BCUT2D eigenvalue weighted by Crippen LogP contribution is -2.63. The predicted octanol–water partition coefficient (Wildman–Crippen LogP) is 4.84. The number of methoxy groups -OCH3 is 1. The first-order valence-corrected chi connectivity index (χ1v) is 15.9. The number of sulfone groups is 1. The van der Waals surface area contributed by atoms with Crippen LogP contribution in [0.1, 0.15) is 43.5 Å². The summed E-state index contributed by atoms with van der Waals surface area (Å²) in [4.78, 5) is 12.7. The molecule has 4 heterocycles. The van der Waals surface area contributed by atoms with Crippen molar-refractivity contribution in [2.24, 2.45) is 11.1 Å². The van der Waals surface area contributed by atoms with Crippen molar-refractivity contribution in [3.63, 3.8) is 0 Å². The van der Waals surface area contributed by atoms with Crippen molar-refractivity contribution in [2.45, 2.75) is 44.9 Å². The number of rotatable bonds is 8. The van der Waals surface area contributed by atoms with Crippen LogP contribution in [0.5, 0.6) is 5.75 Å². The van der Waals surface area contributed by atoms with Gasteiger partial charge in [-0.25, -0.2) is 17.8 Å². The molecule has 11 heteroatoms. The fourth-order valence-electron chi connectivity index (χ4n) is 6.23. The average Bonchev–Trinajstić information content (AvgIpc) is 3.56. The molecule has 3 atom stereocenters. The highest BCUT2D eigenvalue weighted by Crippen LogP contribution is 2.50. The van der Waals surface area contributed by atoms with Gasteiger partial charge in [-0.1, -0.05) is 37.2 Å². The van der Waals surface area contributed by atoms with Crippen molar-refractivity contribution < 1.29 is 27.1 Å². The van der Waals surface area contributed by atoms with Crippen LogP contribution in [0.2, 0.25) is 0 Å². The largest absolute Gasteiger partial charge is 0.495 e. The summed E-state index contributed by atoms with van der Waals surface area (Å²) >= 11 is 0. The van der Waals surface area contributed by atoms with E-state index in [2.05, 4.69) is 16.2 Å². The van der Waals surface area contributed by atoms with Crippen LogP contribution in [0.4, 0.5) is 4.39 Å². The number of nitrogens with zero attached hydrogens (tertiary/aromatic N) is 4. The number of oxime groups is 1.